The summed E-state index contributed by atoms with van der Waals surface area (Å²) in [4.78, 5) is 35.4. The van der Waals surface area contributed by atoms with Gasteiger partial charge < -0.3 is 19.9 Å². The molecule has 142 valence electrons. The van der Waals surface area contributed by atoms with Gasteiger partial charge in [-0.2, -0.15) is 0 Å². The lowest BCUT2D eigenvalue weighted by Gasteiger charge is -2.10. The average molecular weight is 392 g/mol. The number of nitrogens with one attached hydrogen (secondary N) is 1. The van der Waals surface area contributed by atoms with Crippen LogP contribution in [0.15, 0.2) is 36.4 Å². The fraction of sp³-hybridized carbons (Fsp3) is 0.211. The fourth-order valence-electron chi connectivity index (χ4n) is 2.32. The molecule has 0 aromatic heterocycles. The predicted molar refractivity (Wildman–Crippen MR) is 99.4 cm³/mol. The molecule has 8 heteroatoms. The molecule has 7 nitrogen and oxygen atoms in total. The van der Waals surface area contributed by atoms with E-state index in [2.05, 4.69) is 5.32 Å². The number of phenolic OH excluding ortho intramolecular Hbond substituents is 1. The largest absolute Gasteiger partial charge is 0.506 e. The molecule has 2 N–H and O–H groups in total. The zero-order chi connectivity index (χ0) is 20.0. The standard InChI is InChI=1S/C19H18ClNO6/c1-11(22)21-15-8-12(3-5-16(15)23)17(24)10-27-19(25)9-13-7-14(20)4-6-18(13)26-2/h3-8,23H,9-10H2,1-2H3,(H,21,22). The van der Waals surface area contributed by atoms with Crippen molar-refractivity contribution in [2.24, 2.45) is 0 Å². The number of carbonyl (C=O) groups is 3. The summed E-state index contributed by atoms with van der Waals surface area (Å²) in [6, 6.07) is 8.82. The Bertz CT molecular complexity index is 880. The van der Waals surface area contributed by atoms with Crippen LogP contribution in [0.4, 0.5) is 5.69 Å². The summed E-state index contributed by atoms with van der Waals surface area (Å²) < 4.78 is 10.2. The van der Waals surface area contributed by atoms with Crippen LogP contribution in [0.3, 0.4) is 0 Å². The molecule has 2 aromatic carbocycles. The van der Waals surface area contributed by atoms with Gasteiger partial charge in [-0.15, -0.1) is 0 Å². The molecule has 27 heavy (non-hydrogen) atoms. The topological polar surface area (TPSA) is 102 Å². The number of esters is 1. The van der Waals surface area contributed by atoms with Crippen molar-refractivity contribution < 1.29 is 29.0 Å². The number of Topliss-reactive ketones (excluding diaryl/α,β-unsaturated/α-hetero) is 1. The number of anilines is 1. The summed E-state index contributed by atoms with van der Waals surface area (Å²) >= 11 is 5.92. The van der Waals surface area contributed by atoms with Crippen LogP contribution in [-0.4, -0.2) is 36.5 Å². The third-order valence-electron chi connectivity index (χ3n) is 3.57. The van der Waals surface area contributed by atoms with E-state index in [1.54, 1.807) is 18.2 Å². The van der Waals surface area contributed by atoms with E-state index in [0.29, 0.717) is 16.3 Å². The molecule has 1 amide bonds. The Morgan fingerprint density at radius 2 is 1.89 bits per heavy atom. The number of carbonyl (C=O) groups excluding carboxylic acids is 3. The van der Waals surface area contributed by atoms with Crippen molar-refractivity contribution in [2.45, 2.75) is 13.3 Å². The molecule has 2 rings (SSSR count). The summed E-state index contributed by atoms with van der Waals surface area (Å²) in [7, 11) is 1.47. The second kappa shape index (κ2) is 9.05. The van der Waals surface area contributed by atoms with Gasteiger partial charge in [0.1, 0.15) is 11.5 Å². The Morgan fingerprint density at radius 1 is 1.15 bits per heavy atom. The van der Waals surface area contributed by atoms with E-state index in [0.717, 1.165) is 0 Å². The number of hydrogen-bond donors (Lipinski definition) is 2. The minimum atomic E-state index is -0.621. The highest BCUT2D eigenvalue weighted by molar-refractivity contribution is 6.30. The third-order valence-corrected chi connectivity index (χ3v) is 3.81. The molecular weight excluding hydrogens is 374 g/mol. The number of rotatable bonds is 7. The SMILES string of the molecule is COc1ccc(Cl)cc1CC(=O)OCC(=O)c1ccc(O)c(NC(C)=O)c1. The number of ketones is 1. The smallest absolute Gasteiger partial charge is 0.310 e. The van der Waals surface area contributed by atoms with Crippen LogP contribution < -0.4 is 10.1 Å². The van der Waals surface area contributed by atoms with Gasteiger partial charge in [-0.05, 0) is 36.4 Å². The highest BCUT2D eigenvalue weighted by Crippen LogP contribution is 2.25. The van der Waals surface area contributed by atoms with Crippen molar-refractivity contribution in [2.75, 3.05) is 19.0 Å². The Hall–Kier alpha value is -3.06. The Morgan fingerprint density at radius 3 is 2.56 bits per heavy atom. The maximum atomic E-state index is 12.2. The minimum Gasteiger partial charge on any atom is -0.506 e. The first-order chi connectivity index (χ1) is 12.8. The summed E-state index contributed by atoms with van der Waals surface area (Å²) in [5, 5.41) is 12.5. The zero-order valence-corrected chi connectivity index (χ0v) is 15.5. The number of hydrogen-bond acceptors (Lipinski definition) is 6. The van der Waals surface area contributed by atoms with Crippen LogP contribution in [0.25, 0.3) is 0 Å². The van der Waals surface area contributed by atoms with Gasteiger partial charge in [-0.25, -0.2) is 0 Å². The minimum absolute atomic E-state index is 0.100. The van der Waals surface area contributed by atoms with Crippen LogP contribution >= 0.6 is 11.6 Å². The van der Waals surface area contributed by atoms with Gasteiger partial charge in [0.15, 0.2) is 12.4 Å². The lowest BCUT2D eigenvalue weighted by Crippen LogP contribution is -2.16. The maximum Gasteiger partial charge on any atom is 0.310 e. The molecule has 0 heterocycles. The fourth-order valence-corrected chi connectivity index (χ4v) is 2.52. The highest BCUT2D eigenvalue weighted by Gasteiger charge is 2.15. The molecule has 0 atom stereocenters. The monoisotopic (exact) mass is 391 g/mol. The number of phenols is 1. The van der Waals surface area contributed by atoms with Gasteiger partial charge in [0.2, 0.25) is 5.91 Å². The molecule has 0 saturated heterocycles. The van der Waals surface area contributed by atoms with Gasteiger partial charge in [0.05, 0.1) is 19.2 Å². The molecule has 0 saturated carbocycles. The number of ether oxygens (including phenoxy) is 2. The van der Waals surface area contributed by atoms with E-state index in [1.165, 1.54) is 32.2 Å². The van der Waals surface area contributed by atoms with E-state index in [4.69, 9.17) is 21.1 Å². The second-order valence-corrected chi connectivity index (χ2v) is 6.07. The van der Waals surface area contributed by atoms with E-state index in [9.17, 15) is 19.5 Å². The first-order valence-corrected chi connectivity index (χ1v) is 8.29. The quantitative estimate of drug-likeness (QED) is 0.427. The third kappa shape index (κ3) is 5.72. The summed E-state index contributed by atoms with van der Waals surface area (Å²) in [6.45, 7) is 0.797. The van der Waals surface area contributed by atoms with Gasteiger partial charge in [-0.3, -0.25) is 14.4 Å². The summed E-state index contributed by atoms with van der Waals surface area (Å²) in [6.07, 6.45) is -0.107. The Kier molecular flexibility index (Phi) is 6.79. The van der Waals surface area contributed by atoms with Crippen molar-refractivity contribution in [3.05, 3.63) is 52.5 Å². The first-order valence-electron chi connectivity index (χ1n) is 7.92. The molecule has 0 aliphatic rings. The van der Waals surface area contributed by atoms with Crippen LogP contribution in [0.1, 0.15) is 22.8 Å². The number of halogens is 1. The number of methoxy groups -OCH3 is 1. The molecule has 0 aliphatic carbocycles. The molecule has 0 aliphatic heterocycles. The molecule has 0 fully saturated rings. The van der Waals surface area contributed by atoms with Crippen LogP contribution in [0.2, 0.25) is 5.02 Å². The highest BCUT2D eigenvalue weighted by atomic mass is 35.5. The number of aromatic hydroxyl groups is 1. The van der Waals surface area contributed by atoms with Gasteiger partial charge in [0.25, 0.3) is 0 Å². The number of amides is 1. The van der Waals surface area contributed by atoms with Crippen molar-refractivity contribution in [3.63, 3.8) is 0 Å². The van der Waals surface area contributed by atoms with Crippen molar-refractivity contribution in [1.29, 1.82) is 0 Å². The van der Waals surface area contributed by atoms with Gasteiger partial charge in [0, 0.05) is 23.1 Å². The van der Waals surface area contributed by atoms with E-state index in [-0.39, 0.29) is 23.4 Å². The van der Waals surface area contributed by atoms with E-state index >= 15 is 0 Å². The Labute approximate surface area is 160 Å². The van der Waals surface area contributed by atoms with Crippen molar-refractivity contribution >= 4 is 34.9 Å². The van der Waals surface area contributed by atoms with E-state index < -0.39 is 24.3 Å². The average Bonchev–Trinajstić information content (AvgIpc) is 2.61. The number of benzene rings is 2. The van der Waals surface area contributed by atoms with Crippen LogP contribution in [0.5, 0.6) is 11.5 Å². The molecular formula is C19H18ClNO6. The van der Waals surface area contributed by atoms with Crippen LogP contribution in [-0.2, 0) is 20.7 Å². The van der Waals surface area contributed by atoms with Crippen molar-refractivity contribution in [3.8, 4) is 11.5 Å². The molecule has 2 aromatic rings. The van der Waals surface area contributed by atoms with Crippen molar-refractivity contribution in [1.82, 2.24) is 0 Å². The zero-order valence-electron chi connectivity index (χ0n) is 14.7. The summed E-state index contributed by atoms with van der Waals surface area (Å²) in [5.74, 6) is -1.18. The van der Waals surface area contributed by atoms with Crippen LogP contribution in [0, 0.1) is 0 Å². The molecule has 0 radical (unpaired) electrons. The maximum absolute atomic E-state index is 12.2. The molecule has 0 unspecified atom stereocenters. The lowest BCUT2D eigenvalue weighted by molar-refractivity contribution is -0.141. The second-order valence-electron chi connectivity index (χ2n) is 5.63. The van der Waals surface area contributed by atoms with Gasteiger partial charge in [-0.1, -0.05) is 11.6 Å². The molecule has 0 bridgehead atoms. The predicted octanol–water partition coefficient (Wildman–Crippen LogP) is 2.98. The molecule has 0 spiro atoms. The van der Waals surface area contributed by atoms with Gasteiger partial charge >= 0.3 is 5.97 Å². The van der Waals surface area contributed by atoms with E-state index in [1.807, 2.05) is 0 Å². The normalized spacial score (nSPS) is 10.2. The summed E-state index contributed by atoms with van der Waals surface area (Å²) in [5.41, 5.74) is 0.827. The lowest BCUT2D eigenvalue weighted by atomic mass is 10.1. The first kappa shape index (κ1) is 20.3. The Balaban J connectivity index is 2.00.